The third-order valence-electron chi connectivity index (χ3n) is 4.82. The van der Waals surface area contributed by atoms with Gasteiger partial charge in [-0.25, -0.2) is 9.97 Å². The summed E-state index contributed by atoms with van der Waals surface area (Å²) in [5.74, 6) is 1.24. The minimum Gasteiger partial charge on any atom is -0.496 e. The summed E-state index contributed by atoms with van der Waals surface area (Å²) < 4.78 is 5.38. The van der Waals surface area contributed by atoms with Gasteiger partial charge in [0.25, 0.3) is 0 Å². The van der Waals surface area contributed by atoms with Crippen molar-refractivity contribution in [2.24, 2.45) is 0 Å². The molecule has 1 aromatic carbocycles. The van der Waals surface area contributed by atoms with E-state index in [4.69, 9.17) is 4.74 Å². The van der Waals surface area contributed by atoms with Crippen LogP contribution in [0.25, 0.3) is 10.2 Å². The first-order chi connectivity index (χ1) is 13.2. The largest absolute Gasteiger partial charge is 0.496 e. The molecule has 2 heterocycles. The summed E-state index contributed by atoms with van der Waals surface area (Å²) in [6.45, 7) is 0.524. The SMILES string of the molecule is COc1ccccc1CN(C)C(=O)CSc1ncnc2sc3c(c12)CCC3. The van der Waals surface area contributed by atoms with Crippen LogP contribution in [0, 0.1) is 0 Å². The van der Waals surface area contributed by atoms with E-state index in [1.54, 1.807) is 29.7 Å². The van der Waals surface area contributed by atoms with Gasteiger partial charge in [0, 0.05) is 29.4 Å². The molecule has 1 aliphatic carbocycles. The molecule has 5 nitrogen and oxygen atoms in total. The summed E-state index contributed by atoms with van der Waals surface area (Å²) in [7, 11) is 3.48. The minimum atomic E-state index is 0.0737. The maximum absolute atomic E-state index is 12.7. The zero-order valence-electron chi connectivity index (χ0n) is 15.4. The van der Waals surface area contributed by atoms with E-state index in [1.807, 2.05) is 31.3 Å². The number of thioether (sulfide) groups is 1. The van der Waals surface area contributed by atoms with Crippen molar-refractivity contribution >= 4 is 39.2 Å². The van der Waals surface area contributed by atoms with Gasteiger partial charge in [-0.05, 0) is 30.9 Å². The summed E-state index contributed by atoms with van der Waals surface area (Å²) in [6.07, 6.45) is 5.05. The Morgan fingerprint density at radius 1 is 1.30 bits per heavy atom. The number of rotatable bonds is 6. The van der Waals surface area contributed by atoms with Crippen molar-refractivity contribution in [3.8, 4) is 5.75 Å². The second-order valence-corrected chi connectivity index (χ2v) is 8.61. The van der Waals surface area contributed by atoms with Crippen molar-refractivity contribution in [3.05, 3.63) is 46.6 Å². The van der Waals surface area contributed by atoms with Gasteiger partial charge in [-0.15, -0.1) is 11.3 Å². The van der Waals surface area contributed by atoms with Gasteiger partial charge in [0.2, 0.25) is 5.91 Å². The molecular formula is C20H21N3O2S2. The van der Waals surface area contributed by atoms with Crippen LogP contribution in [-0.2, 0) is 24.2 Å². The summed E-state index contributed by atoms with van der Waals surface area (Å²) in [6, 6.07) is 7.79. The van der Waals surface area contributed by atoms with Gasteiger partial charge in [0.1, 0.15) is 21.9 Å². The van der Waals surface area contributed by atoms with Crippen molar-refractivity contribution in [2.45, 2.75) is 30.8 Å². The molecule has 3 aromatic rings. The molecule has 0 atom stereocenters. The molecule has 0 radical (unpaired) electrons. The Kier molecular flexibility index (Phi) is 5.31. The quantitative estimate of drug-likeness (QED) is 0.464. The molecule has 0 unspecified atom stereocenters. The number of benzene rings is 1. The van der Waals surface area contributed by atoms with Gasteiger partial charge in [-0.2, -0.15) is 0 Å². The van der Waals surface area contributed by atoms with Gasteiger partial charge in [0.15, 0.2) is 0 Å². The van der Waals surface area contributed by atoms with Crippen LogP contribution in [0.5, 0.6) is 5.75 Å². The molecule has 2 aromatic heterocycles. The van der Waals surface area contributed by atoms with Crippen LogP contribution in [0.1, 0.15) is 22.4 Å². The van der Waals surface area contributed by atoms with Crippen molar-refractivity contribution in [1.29, 1.82) is 0 Å². The molecule has 0 N–H and O–H groups in total. The van der Waals surface area contributed by atoms with E-state index in [9.17, 15) is 4.79 Å². The van der Waals surface area contributed by atoms with Crippen LogP contribution < -0.4 is 4.74 Å². The number of carbonyl (C=O) groups excluding carboxylic acids is 1. The van der Waals surface area contributed by atoms with Crippen molar-refractivity contribution in [2.75, 3.05) is 19.9 Å². The number of methoxy groups -OCH3 is 1. The second kappa shape index (κ2) is 7.86. The second-order valence-electron chi connectivity index (χ2n) is 6.57. The van der Waals surface area contributed by atoms with Gasteiger partial charge >= 0.3 is 0 Å². The zero-order chi connectivity index (χ0) is 18.8. The molecule has 0 aliphatic heterocycles. The smallest absolute Gasteiger partial charge is 0.233 e. The Balaban J connectivity index is 1.46. The third-order valence-corrected chi connectivity index (χ3v) is 7.00. The molecule has 0 bridgehead atoms. The zero-order valence-corrected chi connectivity index (χ0v) is 17.0. The van der Waals surface area contributed by atoms with Gasteiger partial charge < -0.3 is 9.64 Å². The highest BCUT2D eigenvalue weighted by molar-refractivity contribution is 8.00. The molecule has 7 heteroatoms. The van der Waals surface area contributed by atoms with E-state index >= 15 is 0 Å². The van der Waals surface area contributed by atoms with Gasteiger partial charge in [-0.3, -0.25) is 4.79 Å². The predicted molar refractivity (Wildman–Crippen MR) is 110 cm³/mol. The molecule has 0 spiro atoms. The lowest BCUT2D eigenvalue weighted by Gasteiger charge is -2.18. The Hall–Kier alpha value is -2.12. The average Bonchev–Trinajstić information content (AvgIpc) is 3.27. The highest BCUT2D eigenvalue weighted by Gasteiger charge is 2.22. The molecule has 0 fully saturated rings. The molecule has 4 rings (SSSR count). The number of hydrogen-bond donors (Lipinski definition) is 0. The van der Waals surface area contributed by atoms with Crippen LogP contribution in [0.15, 0.2) is 35.6 Å². The minimum absolute atomic E-state index is 0.0737. The number of aryl methyl sites for hydroxylation is 2. The van der Waals surface area contributed by atoms with E-state index in [0.717, 1.165) is 34.0 Å². The van der Waals surface area contributed by atoms with Crippen LogP contribution in [0.3, 0.4) is 0 Å². The predicted octanol–water partition coefficient (Wildman–Crippen LogP) is 3.94. The Labute approximate surface area is 166 Å². The number of ether oxygens (including phenoxy) is 1. The van der Waals surface area contributed by atoms with E-state index in [0.29, 0.717) is 12.3 Å². The lowest BCUT2D eigenvalue weighted by Crippen LogP contribution is -2.28. The Morgan fingerprint density at radius 2 is 2.15 bits per heavy atom. The summed E-state index contributed by atoms with van der Waals surface area (Å²) in [4.78, 5) is 25.8. The number of fused-ring (bicyclic) bond motifs is 3. The standard InChI is InChI=1S/C20H21N3O2S2/c1-23(10-13-6-3-4-8-15(13)25-2)17(24)11-26-19-18-14-7-5-9-16(14)27-20(18)22-12-21-19/h3-4,6,8,12H,5,7,9-11H2,1-2H3. The normalized spacial score (nSPS) is 13.0. The topological polar surface area (TPSA) is 55.3 Å². The Morgan fingerprint density at radius 3 is 3.00 bits per heavy atom. The first-order valence-electron chi connectivity index (χ1n) is 8.91. The summed E-state index contributed by atoms with van der Waals surface area (Å²) in [5, 5.41) is 2.10. The molecule has 140 valence electrons. The maximum Gasteiger partial charge on any atom is 0.233 e. The fourth-order valence-electron chi connectivity index (χ4n) is 3.43. The van der Waals surface area contributed by atoms with Crippen molar-refractivity contribution in [1.82, 2.24) is 14.9 Å². The molecule has 1 amide bonds. The number of carbonyl (C=O) groups is 1. The average molecular weight is 400 g/mol. The highest BCUT2D eigenvalue weighted by Crippen LogP contribution is 2.40. The number of hydrogen-bond acceptors (Lipinski definition) is 6. The molecule has 27 heavy (non-hydrogen) atoms. The van der Waals surface area contributed by atoms with E-state index in [2.05, 4.69) is 9.97 Å². The number of thiophene rings is 1. The van der Waals surface area contributed by atoms with Crippen LogP contribution in [0.4, 0.5) is 0 Å². The first-order valence-corrected chi connectivity index (χ1v) is 10.7. The van der Waals surface area contributed by atoms with E-state index in [1.165, 1.54) is 34.0 Å². The number of amides is 1. The Bertz CT molecular complexity index is 987. The van der Waals surface area contributed by atoms with E-state index < -0.39 is 0 Å². The first kappa shape index (κ1) is 18.3. The summed E-state index contributed by atoms with van der Waals surface area (Å²) >= 11 is 3.28. The monoisotopic (exact) mass is 399 g/mol. The van der Waals surface area contributed by atoms with Crippen LogP contribution in [0.2, 0.25) is 0 Å². The maximum atomic E-state index is 12.7. The fraction of sp³-hybridized carbons (Fsp3) is 0.350. The van der Waals surface area contributed by atoms with Crippen LogP contribution in [-0.4, -0.2) is 40.7 Å². The third kappa shape index (κ3) is 3.66. The van der Waals surface area contributed by atoms with Crippen LogP contribution >= 0.6 is 23.1 Å². The molecule has 0 saturated heterocycles. The lowest BCUT2D eigenvalue weighted by molar-refractivity contribution is -0.127. The number of aromatic nitrogens is 2. The van der Waals surface area contributed by atoms with Crippen molar-refractivity contribution < 1.29 is 9.53 Å². The van der Waals surface area contributed by atoms with Gasteiger partial charge in [-0.1, -0.05) is 30.0 Å². The molecule has 0 saturated carbocycles. The lowest BCUT2D eigenvalue weighted by atomic mass is 10.2. The molecular weight excluding hydrogens is 378 g/mol. The van der Waals surface area contributed by atoms with Crippen molar-refractivity contribution in [3.63, 3.8) is 0 Å². The molecule has 1 aliphatic rings. The van der Waals surface area contributed by atoms with E-state index in [-0.39, 0.29) is 5.91 Å². The number of para-hydroxylation sites is 1. The summed E-state index contributed by atoms with van der Waals surface area (Å²) in [5.41, 5.74) is 2.40. The highest BCUT2D eigenvalue weighted by atomic mass is 32.2. The number of nitrogens with zero attached hydrogens (tertiary/aromatic N) is 3. The van der Waals surface area contributed by atoms with Gasteiger partial charge in [0.05, 0.1) is 12.9 Å². The fourth-order valence-corrected chi connectivity index (χ4v) is 5.69.